The molecule has 1 unspecified atom stereocenters. The van der Waals surface area contributed by atoms with Gasteiger partial charge in [-0.25, -0.2) is 0 Å². The number of carbonyl (C=O) groups is 2. The third kappa shape index (κ3) is 4.40. The van der Waals surface area contributed by atoms with Crippen LogP contribution in [0.4, 0.5) is 0 Å². The van der Waals surface area contributed by atoms with E-state index in [2.05, 4.69) is 5.32 Å². The Morgan fingerprint density at radius 2 is 1.89 bits per heavy atom. The van der Waals surface area contributed by atoms with Crippen molar-refractivity contribution in [3.05, 3.63) is 33.8 Å². The van der Waals surface area contributed by atoms with E-state index in [0.717, 1.165) is 0 Å². The number of carboxylic acid groups (broad SMARTS) is 1. The van der Waals surface area contributed by atoms with Crippen LogP contribution in [0.15, 0.2) is 18.2 Å². The fraction of sp³-hybridized carbons (Fsp3) is 0.385. The van der Waals surface area contributed by atoms with Crippen molar-refractivity contribution in [3.8, 4) is 0 Å². The molecule has 0 heterocycles. The summed E-state index contributed by atoms with van der Waals surface area (Å²) in [6.45, 7) is 3.67. The van der Waals surface area contributed by atoms with E-state index in [1.165, 1.54) is 18.2 Å². The third-order valence-electron chi connectivity index (χ3n) is 2.79. The normalized spacial score (nSPS) is 12.3. The Labute approximate surface area is 121 Å². The highest BCUT2D eigenvalue weighted by Gasteiger charge is 2.22. The van der Waals surface area contributed by atoms with Gasteiger partial charge in [0.15, 0.2) is 0 Å². The van der Waals surface area contributed by atoms with Crippen molar-refractivity contribution < 1.29 is 14.7 Å². The Hall–Kier alpha value is -1.26. The van der Waals surface area contributed by atoms with E-state index in [9.17, 15) is 9.59 Å². The molecule has 0 spiro atoms. The molecule has 0 aliphatic heterocycles. The minimum Gasteiger partial charge on any atom is -0.481 e. The molecule has 0 aliphatic carbocycles. The van der Waals surface area contributed by atoms with Crippen LogP contribution in [-0.2, 0) is 4.79 Å². The van der Waals surface area contributed by atoms with Crippen molar-refractivity contribution in [3.63, 3.8) is 0 Å². The van der Waals surface area contributed by atoms with E-state index in [4.69, 9.17) is 28.3 Å². The Morgan fingerprint density at radius 3 is 2.37 bits per heavy atom. The summed E-state index contributed by atoms with van der Waals surface area (Å²) in [6.07, 6.45) is 0. The largest absolute Gasteiger partial charge is 0.481 e. The summed E-state index contributed by atoms with van der Waals surface area (Å²) in [6, 6.07) is 4.51. The highest BCUT2D eigenvalue weighted by Crippen LogP contribution is 2.22. The molecule has 1 atom stereocenters. The number of nitrogens with one attached hydrogen (secondary N) is 1. The summed E-state index contributed by atoms with van der Waals surface area (Å²) in [5, 5.41) is 12.3. The van der Waals surface area contributed by atoms with Gasteiger partial charge in [-0.05, 0) is 24.1 Å². The maximum Gasteiger partial charge on any atom is 0.308 e. The van der Waals surface area contributed by atoms with Crippen molar-refractivity contribution in [2.24, 2.45) is 11.8 Å². The molecule has 0 bridgehead atoms. The Morgan fingerprint density at radius 1 is 1.26 bits per heavy atom. The molecule has 1 rings (SSSR count). The zero-order valence-corrected chi connectivity index (χ0v) is 12.1. The minimum atomic E-state index is -0.926. The average molecular weight is 304 g/mol. The lowest BCUT2D eigenvalue weighted by atomic mass is 9.96. The fourth-order valence-corrected chi connectivity index (χ4v) is 1.85. The van der Waals surface area contributed by atoms with Gasteiger partial charge in [0.25, 0.3) is 5.91 Å². The zero-order valence-electron chi connectivity index (χ0n) is 10.6. The molecule has 0 aromatic heterocycles. The van der Waals surface area contributed by atoms with Crippen LogP contribution in [0.1, 0.15) is 24.2 Å². The molecule has 4 nitrogen and oxygen atoms in total. The van der Waals surface area contributed by atoms with E-state index < -0.39 is 11.9 Å². The summed E-state index contributed by atoms with van der Waals surface area (Å²) in [7, 11) is 0. The molecular weight excluding hydrogens is 289 g/mol. The van der Waals surface area contributed by atoms with Gasteiger partial charge in [-0.1, -0.05) is 37.0 Å². The summed E-state index contributed by atoms with van der Waals surface area (Å²) < 4.78 is 0. The van der Waals surface area contributed by atoms with Crippen LogP contribution in [0, 0.1) is 11.8 Å². The molecule has 2 N–H and O–H groups in total. The maximum absolute atomic E-state index is 11.9. The van der Waals surface area contributed by atoms with Gasteiger partial charge in [-0.15, -0.1) is 0 Å². The summed E-state index contributed by atoms with van der Waals surface area (Å²) >= 11 is 11.6. The monoisotopic (exact) mass is 303 g/mol. The second-order valence-corrected chi connectivity index (χ2v) is 5.34. The number of hydrogen-bond donors (Lipinski definition) is 2. The predicted molar refractivity (Wildman–Crippen MR) is 74.8 cm³/mol. The van der Waals surface area contributed by atoms with Crippen LogP contribution < -0.4 is 5.32 Å². The van der Waals surface area contributed by atoms with Gasteiger partial charge in [-0.2, -0.15) is 0 Å². The maximum atomic E-state index is 11.9. The number of aliphatic carboxylic acids is 1. The van der Waals surface area contributed by atoms with Crippen LogP contribution in [-0.4, -0.2) is 23.5 Å². The van der Waals surface area contributed by atoms with Gasteiger partial charge in [0.2, 0.25) is 0 Å². The van der Waals surface area contributed by atoms with Crippen LogP contribution in [0.5, 0.6) is 0 Å². The van der Waals surface area contributed by atoms with Crippen LogP contribution in [0.3, 0.4) is 0 Å². The van der Waals surface area contributed by atoms with Crippen molar-refractivity contribution in [2.45, 2.75) is 13.8 Å². The highest BCUT2D eigenvalue weighted by molar-refractivity contribution is 6.42. The highest BCUT2D eigenvalue weighted by atomic mass is 35.5. The number of benzene rings is 1. The van der Waals surface area contributed by atoms with Gasteiger partial charge < -0.3 is 10.4 Å². The Kier molecular flexibility index (Phi) is 5.63. The van der Waals surface area contributed by atoms with Crippen LogP contribution in [0.2, 0.25) is 10.0 Å². The first-order valence-corrected chi connectivity index (χ1v) is 6.54. The number of carboxylic acids is 1. The van der Waals surface area contributed by atoms with Gasteiger partial charge in [0.1, 0.15) is 0 Å². The molecular formula is C13H15Cl2NO3. The molecule has 6 heteroatoms. The first-order chi connectivity index (χ1) is 8.82. The van der Waals surface area contributed by atoms with Gasteiger partial charge in [0.05, 0.1) is 16.0 Å². The average Bonchev–Trinajstić information content (AvgIpc) is 2.31. The lowest BCUT2D eigenvalue weighted by Gasteiger charge is -2.16. The molecule has 1 aromatic rings. The topological polar surface area (TPSA) is 66.4 Å². The smallest absolute Gasteiger partial charge is 0.308 e. The number of rotatable bonds is 5. The van der Waals surface area contributed by atoms with E-state index >= 15 is 0 Å². The molecule has 0 radical (unpaired) electrons. The van der Waals surface area contributed by atoms with Crippen molar-refractivity contribution in [1.29, 1.82) is 0 Å². The zero-order chi connectivity index (χ0) is 14.6. The predicted octanol–water partition coefficient (Wildman–Crippen LogP) is 3.08. The van der Waals surface area contributed by atoms with E-state index in [1.807, 2.05) is 0 Å². The van der Waals surface area contributed by atoms with Gasteiger partial charge >= 0.3 is 5.97 Å². The van der Waals surface area contributed by atoms with Gasteiger partial charge in [0, 0.05) is 12.1 Å². The SMILES string of the molecule is CC(C)C(CNC(=O)c1ccc(Cl)c(Cl)c1)C(=O)O. The summed E-state index contributed by atoms with van der Waals surface area (Å²) in [4.78, 5) is 22.9. The lowest BCUT2D eigenvalue weighted by molar-refractivity contribution is -0.142. The third-order valence-corrected chi connectivity index (χ3v) is 3.53. The number of amides is 1. The number of carbonyl (C=O) groups excluding carboxylic acids is 1. The van der Waals surface area contributed by atoms with Crippen molar-refractivity contribution >= 4 is 35.1 Å². The first kappa shape index (κ1) is 15.8. The lowest BCUT2D eigenvalue weighted by Crippen LogP contribution is -2.35. The van der Waals surface area contributed by atoms with E-state index in [0.29, 0.717) is 10.6 Å². The molecule has 0 saturated carbocycles. The van der Waals surface area contributed by atoms with Crippen molar-refractivity contribution in [2.75, 3.05) is 6.54 Å². The fourth-order valence-electron chi connectivity index (χ4n) is 1.55. The minimum absolute atomic E-state index is 0.0633. The van der Waals surface area contributed by atoms with Crippen LogP contribution >= 0.6 is 23.2 Å². The standard InChI is InChI=1S/C13H15Cl2NO3/c1-7(2)9(13(18)19)6-16-12(17)8-3-4-10(14)11(15)5-8/h3-5,7,9H,6H2,1-2H3,(H,16,17)(H,18,19). The molecule has 19 heavy (non-hydrogen) atoms. The van der Waals surface area contributed by atoms with Crippen LogP contribution in [0.25, 0.3) is 0 Å². The number of halogens is 2. The van der Waals surface area contributed by atoms with E-state index in [1.54, 1.807) is 13.8 Å². The molecule has 0 fully saturated rings. The number of hydrogen-bond acceptors (Lipinski definition) is 2. The van der Waals surface area contributed by atoms with Crippen molar-refractivity contribution in [1.82, 2.24) is 5.32 Å². The van der Waals surface area contributed by atoms with E-state index in [-0.39, 0.29) is 23.4 Å². The molecule has 0 saturated heterocycles. The molecule has 0 aliphatic rings. The second-order valence-electron chi connectivity index (χ2n) is 4.53. The molecule has 104 valence electrons. The summed E-state index contributed by atoms with van der Waals surface area (Å²) in [5.74, 6) is -1.98. The molecule has 1 amide bonds. The second kappa shape index (κ2) is 6.78. The quantitative estimate of drug-likeness (QED) is 0.878. The molecule has 1 aromatic carbocycles. The Bertz CT molecular complexity index is 489. The summed E-state index contributed by atoms with van der Waals surface area (Å²) in [5.41, 5.74) is 0.349. The van der Waals surface area contributed by atoms with Gasteiger partial charge in [-0.3, -0.25) is 9.59 Å². The first-order valence-electron chi connectivity index (χ1n) is 5.79. The Balaban J connectivity index is 2.69.